The molecule has 0 radical (unpaired) electrons. The molecule has 1 fully saturated rings. The van der Waals surface area contributed by atoms with Gasteiger partial charge in [0.05, 0.1) is 0 Å². The normalized spacial score (nSPS) is 15.0. The molecule has 2 heterocycles. The van der Waals surface area contributed by atoms with E-state index in [1.807, 2.05) is 24.4 Å². The number of ketones is 1. The maximum absolute atomic E-state index is 12.3. The number of carbonyl (C=O) groups excluding carboxylic acids is 2. The SMILES string of the molecule is Cc1ccc(C(=O)C(=O)N2CCN(c3nccs3)CC2)cc1. The second-order valence-corrected chi connectivity index (χ2v) is 6.16. The van der Waals surface area contributed by atoms with E-state index in [9.17, 15) is 9.59 Å². The highest BCUT2D eigenvalue weighted by Gasteiger charge is 2.27. The fourth-order valence-corrected chi connectivity index (χ4v) is 3.14. The van der Waals surface area contributed by atoms with Crippen molar-refractivity contribution in [1.82, 2.24) is 9.88 Å². The minimum atomic E-state index is -0.428. The molecule has 0 spiro atoms. The van der Waals surface area contributed by atoms with Crippen LogP contribution in [-0.2, 0) is 4.79 Å². The molecule has 0 N–H and O–H groups in total. The first-order chi connectivity index (χ1) is 10.6. The molecule has 0 unspecified atom stereocenters. The number of piperazine rings is 1. The van der Waals surface area contributed by atoms with E-state index >= 15 is 0 Å². The van der Waals surface area contributed by atoms with Crippen molar-refractivity contribution < 1.29 is 9.59 Å². The van der Waals surface area contributed by atoms with Crippen molar-refractivity contribution in [1.29, 1.82) is 0 Å². The van der Waals surface area contributed by atoms with Gasteiger partial charge >= 0.3 is 0 Å². The average Bonchev–Trinajstić information content (AvgIpc) is 3.09. The number of benzene rings is 1. The monoisotopic (exact) mass is 315 g/mol. The molecular weight excluding hydrogens is 298 g/mol. The number of thiazole rings is 1. The Hall–Kier alpha value is -2.21. The van der Waals surface area contributed by atoms with Gasteiger partial charge in [-0.25, -0.2) is 4.98 Å². The maximum Gasteiger partial charge on any atom is 0.295 e. The van der Waals surface area contributed by atoms with Crippen LogP contribution >= 0.6 is 11.3 Å². The van der Waals surface area contributed by atoms with Gasteiger partial charge in [-0.2, -0.15) is 0 Å². The van der Waals surface area contributed by atoms with Crippen molar-refractivity contribution in [3.63, 3.8) is 0 Å². The molecule has 1 aromatic carbocycles. The zero-order valence-electron chi connectivity index (χ0n) is 12.4. The van der Waals surface area contributed by atoms with Crippen molar-refractivity contribution in [3.8, 4) is 0 Å². The molecule has 1 aliphatic rings. The molecule has 1 aromatic heterocycles. The molecule has 1 amide bonds. The van der Waals surface area contributed by atoms with Gasteiger partial charge in [0.15, 0.2) is 5.13 Å². The smallest absolute Gasteiger partial charge is 0.295 e. The highest BCUT2D eigenvalue weighted by molar-refractivity contribution is 7.13. The molecule has 0 saturated carbocycles. The van der Waals surface area contributed by atoms with Crippen LogP contribution in [0.5, 0.6) is 0 Å². The maximum atomic E-state index is 12.3. The summed E-state index contributed by atoms with van der Waals surface area (Å²) < 4.78 is 0. The predicted molar refractivity (Wildman–Crippen MR) is 86.4 cm³/mol. The van der Waals surface area contributed by atoms with Crippen molar-refractivity contribution in [3.05, 3.63) is 47.0 Å². The summed E-state index contributed by atoms with van der Waals surface area (Å²) in [4.78, 5) is 32.6. The lowest BCUT2D eigenvalue weighted by Gasteiger charge is -2.34. The van der Waals surface area contributed by atoms with Crippen LogP contribution in [0, 0.1) is 6.92 Å². The Kier molecular flexibility index (Phi) is 4.20. The molecule has 5 nitrogen and oxygen atoms in total. The van der Waals surface area contributed by atoms with Gasteiger partial charge in [-0.3, -0.25) is 9.59 Å². The summed E-state index contributed by atoms with van der Waals surface area (Å²) in [5.74, 6) is -0.842. The molecule has 114 valence electrons. The summed E-state index contributed by atoms with van der Waals surface area (Å²) >= 11 is 1.59. The van der Waals surface area contributed by atoms with Crippen LogP contribution < -0.4 is 4.90 Å². The quantitative estimate of drug-likeness (QED) is 0.642. The summed E-state index contributed by atoms with van der Waals surface area (Å²) in [6, 6.07) is 7.12. The molecule has 6 heteroatoms. The lowest BCUT2D eigenvalue weighted by molar-refractivity contribution is -0.126. The second kappa shape index (κ2) is 6.27. The Morgan fingerprint density at radius 3 is 2.36 bits per heavy atom. The van der Waals surface area contributed by atoms with Crippen LogP contribution in [0.3, 0.4) is 0 Å². The molecule has 1 saturated heterocycles. The van der Waals surface area contributed by atoms with Gasteiger partial charge < -0.3 is 9.80 Å². The van der Waals surface area contributed by atoms with E-state index in [0.29, 0.717) is 31.7 Å². The average molecular weight is 315 g/mol. The number of hydrogen-bond acceptors (Lipinski definition) is 5. The zero-order valence-corrected chi connectivity index (χ0v) is 13.2. The van der Waals surface area contributed by atoms with Crippen LogP contribution in [0.1, 0.15) is 15.9 Å². The minimum absolute atomic E-state index is 0.414. The summed E-state index contributed by atoms with van der Waals surface area (Å²) in [6.45, 7) is 4.47. The Balaban J connectivity index is 1.62. The number of rotatable bonds is 3. The van der Waals surface area contributed by atoms with E-state index in [2.05, 4.69) is 9.88 Å². The number of Topliss-reactive ketones (excluding diaryl/α,β-unsaturated/α-hetero) is 1. The Morgan fingerprint density at radius 2 is 1.77 bits per heavy atom. The third kappa shape index (κ3) is 3.01. The second-order valence-electron chi connectivity index (χ2n) is 5.29. The fraction of sp³-hybridized carbons (Fsp3) is 0.312. The van der Waals surface area contributed by atoms with Crippen molar-refractivity contribution in [2.75, 3.05) is 31.1 Å². The van der Waals surface area contributed by atoms with E-state index in [0.717, 1.165) is 10.7 Å². The summed E-state index contributed by atoms with van der Waals surface area (Å²) in [6.07, 6.45) is 1.78. The number of amides is 1. The lowest BCUT2D eigenvalue weighted by atomic mass is 10.1. The van der Waals surface area contributed by atoms with E-state index < -0.39 is 11.7 Å². The highest BCUT2D eigenvalue weighted by Crippen LogP contribution is 2.19. The van der Waals surface area contributed by atoms with Crippen LogP contribution in [0.25, 0.3) is 0 Å². The van der Waals surface area contributed by atoms with Gasteiger partial charge in [0.1, 0.15) is 0 Å². The Labute approximate surface area is 133 Å². The van der Waals surface area contributed by atoms with E-state index in [1.54, 1.807) is 34.6 Å². The Morgan fingerprint density at radius 1 is 1.09 bits per heavy atom. The van der Waals surface area contributed by atoms with Gasteiger partial charge in [-0.05, 0) is 6.92 Å². The molecule has 0 atom stereocenters. The molecule has 0 bridgehead atoms. The molecule has 1 aliphatic heterocycles. The number of aromatic nitrogens is 1. The van der Waals surface area contributed by atoms with Gasteiger partial charge in [0.25, 0.3) is 5.91 Å². The third-order valence-electron chi connectivity index (χ3n) is 3.76. The van der Waals surface area contributed by atoms with Crippen LogP contribution in [0.2, 0.25) is 0 Å². The minimum Gasteiger partial charge on any atom is -0.345 e. The van der Waals surface area contributed by atoms with Crippen molar-refractivity contribution in [2.24, 2.45) is 0 Å². The summed E-state index contributed by atoms with van der Waals surface area (Å²) in [5, 5.41) is 2.91. The van der Waals surface area contributed by atoms with E-state index in [1.165, 1.54) is 0 Å². The third-order valence-corrected chi connectivity index (χ3v) is 4.60. The van der Waals surface area contributed by atoms with Crippen molar-refractivity contribution in [2.45, 2.75) is 6.92 Å². The van der Waals surface area contributed by atoms with Crippen LogP contribution in [0.4, 0.5) is 5.13 Å². The van der Waals surface area contributed by atoms with Gasteiger partial charge in [0.2, 0.25) is 5.78 Å². The lowest BCUT2D eigenvalue weighted by Crippen LogP contribution is -2.50. The molecule has 22 heavy (non-hydrogen) atoms. The topological polar surface area (TPSA) is 53.5 Å². The first-order valence-electron chi connectivity index (χ1n) is 7.20. The van der Waals surface area contributed by atoms with Crippen LogP contribution in [-0.4, -0.2) is 47.8 Å². The fourth-order valence-electron chi connectivity index (χ4n) is 2.44. The number of hydrogen-bond donors (Lipinski definition) is 0. The van der Waals surface area contributed by atoms with Crippen LogP contribution in [0.15, 0.2) is 35.8 Å². The van der Waals surface area contributed by atoms with E-state index in [-0.39, 0.29) is 0 Å². The van der Waals surface area contributed by atoms with Gasteiger partial charge in [-0.15, -0.1) is 11.3 Å². The molecule has 0 aliphatic carbocycles. The van der Waals surface area contributed by atoms with Gasteiger partial charge in [-0.1, -0.05) is 29.8 Å². The predicted octanol–water partition coefficient (Wildman–Crippen LogP) is 1.98. The number of nitrogens with zero attached hydrogens (tertiary/aromatic N) is 3. The molecule has 3 rings (SSSR count). The highest BCUT2D eigenvalue weighted by atomic mass is 32.1. The van der Waals surface area contributed by atoms with Gasteiger partial charge in [0, 0.05) is 43.3 Å². The molecule has 2 aromatic rings. The first kappa shape index (κ1) is 14.7. The number of aryl methyl sites for hydroxylation is 1. The Bertz CT molecular complexity index is 659. The number of carbonyl (C=O) groups is 2. The standard InChI is InChI=1S/C16H17N3O2S/c1-12-2-4-13(5-3-12)14(20)15(21)18-7-9-19(10-8-18)16-17-6-11-22-16/h2-6,11H,7-10H2,1H3. The number of anilines is 1. The van der Waals surface area contributed by atoms with E-state index in [4.69, 9.17) is 0 Å². The molecular formula is C16H17N3O2S. The van der Waals surface area contributed by atoms with Crippen molar-refractivity contribution >= 4 is 28.2 Å². The zero-order chi connectivity index (χ0) is 15.5. The summed E-state index contributed by atoms with van der Waals surface area (Å²) in [7, 11) is 0. The summed E-state index contributed by atoms with van der Waals surface area (Å²) in [5.41, 5.74) is 1.53. The first-order valence-corrected chi connectivity index (χ1v) is 8.08. The largest absolute Gasteiger partial charge is 0.345 e.